The highest BCUT2D eigenvalue weighted by Crippen LogP contribution is 2.15. The highest BCUT2D eigenvalue weighted by atomic mass is 19.2. The van der Waals surface area contributed by atoms with E-state index in [4.69, 9.17) is 0 Å². The van der Waals surface area contributed by atoms with Crippen LogP contribution < -0.4 is 5.32 Å². The Morgan fingerprint density at radius 2 is 2.16 bits per heavy atom. The minimum atomic E-state index is -0.956. The van der Waals surface area contributed by atoms with Crippen molar-refractivity contribution in [1.82, 2.24) is 15.5 Å². The Labute approximate surface area is 109 Å². The third kappa shape index (κ3) is 3.36. The van der Waals surface area contributed by atoms with Gasteiger partial charge in [-0.05, 0) is 24.6 Å². The van der Waals surface area contributed by atoms with Crippen molar-refractivity contribution in [3.05, 3.63) is 52.9 Å². The number of aliphatic hydroxyl groups is 1. The molecule has 1 heterocycles. The maximum absolute atomic E-state index is 13.0. The first-order valence-electron chi connectivity index (χ1n) is 5.90. The molecule has 6 heteroatoms. The van der Waals surface area contributed by atoms with E-state index in [2.05, 4.69) is 15.5 Å². The number of nitrogens with zero attached hydrogens (tertiary/aromatic N) is 1. The van der Waals surface area contributed by atoms with Crippen molar-refractivity contribution in [3.8, 4) is 0 Å². The number of aliphatic hydroxyl groups excluding tert-OH is 1. The van der Waals surface area contributed by atoms with E-state index >= 15 is 0 Å². The molecule has 0 unspecified atom stereocenters. The smallest absolute Gasteiger partial charge is 0.159 e. The Bertz CT molecular complexity index is 557. The van der Waals surface area contributed by atoms with E-state index in [-0.39, 0.29) is 6.54 Å². The molecule has 2 rings (SSSR count). The summed E-state index contributed by atoms with van der Waals surface area (Å²) in [4.78, 5) is 0. The molecule has 0 aliphatic carbocycles. The van der Waals surface area contributed by atoms with E-state index < -0.39 is 17.7 Å². The number of rotatable bonds is 5. The Kier molecular flexibility index (Phi) is 4.24. The van der Waals surface area contributed by atoms with Gasteiger partial charge in [-0.1, -0.05) is 6.07 Å². The topological polar surface area (TPSA) is 60.9 Å². The quantitative estimate of drug-likeness (QED) is 0.774. The number of benzene rings is 1. The van der Waals surface area contributed by atoms with Crippen LogP contribution in [0.15, 0.2) is 24.4 Å². The van der Waals surface area contributed by atoms with Gasteiger partial charge in [0.25, 0.3) is 0 Å². The summed E-state index contributed by atoms with van der Waals surface area (Å²) in [6.45, 7) is 2.69. The molecule has 0 bridgehead atoms. The maximum atomic E-state index is 13.0. The zero-order valence-corrected chi connectivity index (χ0v) is 10.5. The standard InChI is InChI=1S/C13H15F2N3O/c1-8-10(6-17-18-8)5-16-7-13(19)9-2-3-11(14)12(15)4-9/h2-4,6,13,16,19H,5,7H2,1H3,(H,17,18)/t13-/m0/s1. The second-order valence-corrected chi connectivity index (χ2v) is 4.34. The van der Waals surface area contributed by atoms with Crippen molar-refractivity contribution in [3.63, 3.8) is 0 Å². The average Bonchev–Trinajstić information content (AvgIpc) is 2.78. The molecule has 0 fully saturated rings. The first kappa shape index (κ1) is 13.6. The number of H-pyrrole nitrogens is 1. The first-order valence-corrected chi connectivity index (χ1v) is 5.90. The van der Waals surface area contributed by atoms with Gasteiger partial charge >= 0.3 is 0 Å². The molecule has 19 heavy (non-hydrogen) atoms. The van der Waals surface area contributed by atoms with Gasteiger partial charge in [0.1, 0.15) is 0 Å². The molecular weight excluding hydrogens is 252 g/mol. The summed E-state index contributed by atoms with van der Waals surface area (Å²) in [7, 11) is 0. The summed E-state index contributed by atoms with van der Waals surface area (Å²) in [5, 5.41) is 19.6. The lowest BCUT2D eigenvalue weighted by atomic mass is 10.1. The molecule has 0 aliphatic rings. The summed E-state index contributed by atoms with van der Waals surface area (Å²) in [5.74, 6) is -1.87. The Morgan fingerprint density at radius 1 is 1.37 bits per heavy atom. The van der Waals surface area contributed by atoms with Crippen molar-refractivity contribution in [2.24, 2.45) is 0 Å². The van der Waals surface area contributed by atoms with Crippen LogP contribution in [0.5, 0.6) is 0 Å². The van der Waals surface area contributed by atoms with Crippen LogP contribution in [0.1, 0.15) is 22.9 Å². The SMILES string of the molecule is Cc1[nH]ncc1CNC[C@H](O)c1ccc(F)c(F)c1. The lowest BCUT2D eigenvalue weighted by Gasteiger charge is -2.12. The Hall–Kier alpha value is -1.79. The molecule has 0 spiro atoms. The molecule has 0 aliphatic heterocycles. The number of halogens is 2. The molecule has 102 valence electrons. The van der Waals surface area contributed by atoms with Gasteiger partial charge in [-0.2, -0.15) is 5.10 Å². The number of aromatic nitrogens is 2. The third-order valence-corrected chi connectivity index (χ3v) is 2.92. The molecule has 2 aromatic rings. The molecule has 1 aromatic heterocycles. The summed E-state index contributed by atoms with van der Waals surface area (Å²) in [5.41, 5.74) is 2.29. The van der Waals surface area contributed by atoms with Crippen LogP contribution in [0.4, 0.5) is 8.78 Å². The number of nitrogens with one attached hydrogen (secondary N) is 2. The van der Waals surface area contributed by atoms with Crippen LogP contribution in [-0.4, -0.2) is 21.8 Å². The van der Waals surface area contributed by atoms with Crippen molar-refractivity contribution < 1.29 is 13.9 Å². The number of hydrogen-bond donors (Lipinski definition) is 3. The lowest BCUT2D eigenvalue weighted by Crippen LogP contribution is -2.21. The van der Waals surface area contributed by atoms with Gasteiger partial charge in [0.05, 0.1) is 12.3 Å². The van der Waals surface area contributed by atoms with Crippen LogP contribution in [0.3, 0.4) is 0 Å². The van der Waals surface area contributed by atoms with Gasteiger partial charge in [-0.15, -0.1) is 0 Å². The molecule has 0 saturated carbocycles. The molecule has 1 aromatic carbocycles. The van der Waals surface area contributed by atoms with Gasteiger partial charge in [-0.25, -0.2) is 8.78 Å². The van der Waals surface area contributed by atoms with E-state index in [0.29, 0.717) is 12.1 Å². The number of hydrogen-bond acceptors (Lipinski definition) is 3. The van der Waals surface area contributed by atoms with Crippen LogP contribution in [0, 0.1) is 18.6 Å². The third-order valence-electron chi connectivity index (χ3n) is 2.92. The number of aromatic amines is 1. The van der Waals surface area contributed by atoms with Crippen LogP contribution in [0.25, 0.3) is 0 Å². The minimum absolute atomic E-state index is 0.246. The largest absolute Gasteiger partial charge is 0.387 e. The van der Waals surface area contributed by atoms with Crippen LogP contribution >= 0.6 is 0 Å². The highest BCUT2D eigenvalue weighted by molar-refractivity contribution is 5.20. The fraction of sp³-hybridized carbons (Fsp3) is 0.308. The number of aryl methyl sites for hydroxylation is 1. The van der Waals surface area contributed by atoms with Crippen molar-refractivity contribution >= 4 is 0 Å². The lowest BCUT2D eigenvalue weighted by molar-refractivity contribution is 0.173. The van der Waals surface area contributed by atoms with E-state index in [1.807, 2.05) is 6.92 Å². The summed E-state index contributed by atoms with van der Waals surface area (Å²) in [6.07, 6.45) is 0.814. The summed E-state index contributed by atoms with van der Waals surface area (Å²) in [6, 6.07) is 3.38. The molecule has 4 nitrogen and oxygen atoms in total. The normalized spacial score (nSPS) is 12.6. The second-order valence-electron chi connectivity index (χ2n) is 4.34. The highest BCUT2D eigenvalue weighted by Gasteiger charge is 2.11. The minimum Gasteiger partial charge on any atom is -0.387 e. The van der Waals surface area contributed by atoms with Crippen molar-refractivity contribution in [1.29, 1.82) is 0 Å². The van der Waals surface area contributed by atoms with E-state index in [1.54, 1.807) is 6.20 Å². The molecular formula is C13H15F2N3O. The first-order chi connectivity index (χ1) is 9.08. The Morgan fingerprint density at radius 3 is 2.79 bits per heavy atom. The second kappa shape index (κ2) is 5.90. The summed E-state index contributed by atoms with van der Waals surface area (Å²) < 4.78 is 25.8. The van der Waals surface area contributed by atoms with E-state index in [1.165, 1.54) is 6.07 Å². The predicted octanol–water partition coefficient (Wildman–Crippen LogP) is 1.82. The van der Waals surface area contributed by atoms with Crippen LogP contribution in [0.2, 0.25) is 0 Å². The molecule has 0 radical (unpaired) electrons. The molecule has 0 amide bonds. The van der Waals surface area contributed by atoms with Crippen LogP contribution in [-0.2, 0) is 6.54 Å². The average molecular weight is 267 g/mol. The van der Waals surface area contributed by atoms with Gasteiger partial charge in [-0.3, -0.25) is 5.10 Å². The predicted molar refractivity (Wildman–Crippen MR) is 66.3 cm³/mol. The fourth-order valence-electron chi connectivity index (χ4n) is 1.73. The fourth-order valence-corrected chi connectivity index (χ4v) is 1.73. The van der Waals surface area contributed by atoms with Crippen molar-refractivity contribution in [2.45, 2.75) is 19.6 Å². The monoisotopic (exact) mass is 267 g/mol. The van der Waals surface area contributed by atoms with E-state index in [9.17, 15) is 13.9 Å². The van der Waals surface area contributed by atoms with Gasteiger partial charge in [0.15, 0.2) is 11.6 Å². The molecule has 0 saturated heterocycles. The maximum Gasteiger partial charge on any atom is 0.159 e. The zero-order valence-electron chi connectivity index (χ0n) is 10.5. The molecule has 3 N–H and O–H groups in total. The van der Waals surface area contributed by atoms with E-state index in [0.717, 1.165) is 23.4 Å². The van der Waals surface area contributed by atoms with Gasteiger partial charge < -0.3 is 10.4 Å². The van der Waals surface area contributed by atoms with Crippen molar-refractivity contribution in [2.75, 3.05) is 6.54 Å². The zero-order chi connectivity index (χ0) is 13.8. The van der Waals surface area contributed by atoms with Gasteiger partial charge in [0.2, 0.25) is 0 Å². The van der Waals surface area contributed by atoms with Gasteiger partial charge in [0, 0.05) is 24.3 Å². The Balaban J connectivity index is 1.89. The molecule has 1 atom stereocenters. The summed E-state index contributed by atoms with van der Waals surface area (Å²) >= 11 is 0.